The van der Waals surface area contributed by atoms with E-state index in [2.05, 4.69) is 4.98 Å². The van der Waals surface area contributed by atoms with E-state index in [1.165, 1.54) is 16.6 Å². The van der Waals surface area contributed by atoms with Gasteiger partial charge in [-0.15, -0.1) is 0 Å². The van der Waals surface area contributed by atoms with Crippen LogP contribution in [0.2, 0.25) is 0 Å². The van der Waals surface area contributed by atoms with Crippen LogP contribution in [0.15, 0.2) is 18.3 Å². The Morgan fingerprint density at radius 1 is 1.12 bits per heavy atom. The Morgan fingerprint density at radius 3 is 2.19 bits per heavy atom. The smallest absolute Gasteiger partial charge is 0.453 e. The Balaban J connectivity index is 1.90. The van der Waals surface area contributed by atoms with E-state index >= 15 is 0 Å². The molecule has 0 saturated carbocycles. The average molecular weight is 487 g/mol. The molecule has 0 aliphatic carbocycles. The highest BCUT2D eigenvalue weighted by molar-refractivity contribution is 7.89. The summed E-state index contributed by atoms with van der Waals surface area (Å²) in [5.74, 6) is -6.42. The molecule has 1 aromatic rings. The summed E-state index contributed by atoms with van der Waals surface area (Å²) in [6, 6.07) is 3.02. The van der Waals surface area contributed by atoms with Crippen LogP contribution in [0, 0.1) is 0 Å². The fraction of sp³-hybridized carbons (Fsp3) is 0.700. The first-order valence-electron chi connectivity index (χ1n) is 10.1. The third-order valence-electron chi connectivity index (χ3n) is 4.98. The fourth-order valence-electron chi connectivity index (χ4n) is 3.31. The molecule has 0 radical (unpaired) electrons. The van der Waals surface area contributed by atoms with Crippen molar-refractivity contribution >= 4 is 16.0 Å². The fourth-order valence-corrected chi connectivity index (χ4v) is 4.62. The van der Waals surface area contributed by atoms with E-state index in [4.69, 9.17) is 4.74 Å². The van der Waals surface area contributed by atoms with Crippen molar-refractivity contribution in [2.75, 3.05) is 18.8 Å². The lowest BCUT2D eigenvalue weighted by molar-refractivity contribution is -0.284. The minimum Gasteiger partial charge on any atom is -0.459 e. The Hall–Kier alpha value is -1.82. The number of esters is 1. The van der Waals surface area contributed by atoms with Crippen LogP contribution >= 0.6 is 0 Å². The molecule has 1 saturated heterocycles. The number of sulfonamides is 1. The molecule has 2 rings (SSSR count). The molecule has 1 aromatic heterocycles. The molecule has 32 heavy (non-hydrogen) atoms. The predicted octanol–water partition coefficient (Wildman–Crippen LogP) is 4.06. The first kappa shape index (κ1) is 26.4. The highest BCUT2D eigenvalue weighted by Crippen LogP contribution is 2.38. The van der Waals surface area contributed by atoms with E-state index in [1.54, 1.807) is 26.8 Å². The van der Waals surface area contributed by atoms with Gasteiger partial charge < -0.3 is 4.74 Å². The number of aromatic nitrogens is 1. The summed E-state index contributed by atoms with van der Waals surface area (Å²) in [5.41, 5.74) is 0.0793. The Morgan fingerprint density at radius 2 is 1.72 bits per heavy atom. The number of alkyl halides is 5. The number of ether oxygens (including phenoxy) is 1. The summed E-state index contributed by atoms with van der Waals surface area (Å²) >= 11 is 0. The first-order valence-corrected chi connectivity index (χ1v) is 11.7. The number of halogens is 5. The zero-order chi connectivity index (χ0) is 24.4. The number of hydrogen-bond acceptors (Lipinski definition) is 5. The predicted molar refractivity (Wildman–Crippen MR) is 107 cm³/mol. The molecule has 12 heteroatoms. The molecule has 0 aromatic carbocycles. The molecule has 1 aliphatic rings. The van der Waals surface area contributed by atoms with Gasteiger partial charge in [-0.1, -0.05) is 6.07 Å². The van der Waals surface area contributed by atoms with Crippen LogP contribution < -0.4 is 0 Å². The Kier molecular flexibility index (Phi) is 7.91. The molecule has 0 unspecified atom stereocenters. The SMILES string of the molecule is CC(C)(C)OC(=O)CS(=O)(=O)N1CCC(c2ccc(CCC(F)(F)C(F)(F)F)cn2)CC1. The van der Waals surface area contributed by atoms with E-state index < -0.39 is 52.3 Å². The van der Waals surface area contributed by atoms with E-state index in [1.807, 2.05) is 0 Å². The Bertz CT molecular complexity index is 888. The lowest BCUT2D eigenvalue weighted by Gasteiger charge is -2.31. The van der Waals surface area contributed by atoms with Crippen LogP contribution in [-0.4, -0.2) is 60.2 Å². The molecular weight excluding hydrogens is 459 g/mol. The van der Waals surface area contributed by atoms with Crippen LogP contribution in [0.5, 0.6) is 0 Å². The number of hydrogen-bond donors (Lipinski definition) is 0. The quantitative estimate of drug-likeness (QED) is 0.429. The zero-order valence-electron chi connectivity index (χ0n) is 18.1. The second-order valence-electron chi connectivity index (χ2n) is 8.81. The summed E-state index contributed by atoms with van der Waals surface area (Å²) in [5, 5.41) is 0. The molecule has 0 bridgehead atoms. The molecule has 2 heterocycles. The normalized spacial score (nSPS) is 17.4. The summed E-state index contributed by atoms with van der Waals surface area (Å²) in [6.07, 6.45) is -5.27. The number of carbonyl (C=O) groups is 1. The number of carbonyl (C=O) groups excluding carboxylic acids is 1. The molecule has 0 atom stereocenters. The molecule has 0 N–H and O–H groups in total. The van der Waals surface area contributed by atoms with Crippen LogP contribution in [0.1, 0.15) is 57.2 Å². The average Bonchev–Trinajstić information content (AvgIpc) is 2.64. The van der Waals surface area contributed by atoms with Crippen molar-refractivity contribution in [3.63, 3.8) is 0 Å². The third-order valence-corrected chi connectivity index (χ3v) is 6.73. The van der Waals surface area contributed by atoms with Gasteiger partial charge in [-0.2, -0.15) is 22.0 Å². The number of nitrogens with zero attached hydrogens (tertiary/aromatic N) is 2. The van der Waals surface area contributed by atoms with Gasteiger partial charge in [0.2, 0.25) is 10.0 Å². The van der Waals surface area contributed by atoms with Gasteiger partial charge in [0.25, 0.3) is 0 Å². The summed E-state index contributed by atoms with van der Waals surface area (Å²) in [6.45, 7) is 5.28. The van der Waals surface area contributed by atoms with Gasteiger partial charge in [0.1, 0.15) is 5.60 Å². The third kappa shape index (κ3) is 7.36. The van der Waals surface area contributed by atoms with Gasteiger partial charge >= 0.3 is 18.1 Å². The largest absolute Gasteiger partial charge is 0.459 e. The van der Waals surface area contributed by atoms with Crippen molar-refractivity contribution in [1.82, 2.24) is 9.29 Å². The molecule has 1 aliphatic heterocycles. The van der Waals surface area contributed by atoms with Crippen LogP contribution in [0.3, 0.4) is 0 Å². The number of rotatable bonds is 7. The summed E-state index contributed by atoms with van der Waals surface area (Å²) < 4.78 is 94.1. The molecule has 0 spiro atoms. The lowest BCUT2D eigenvalue weighted by atomic mass is 9.93. The molecule has 0 amide bonds. The maximum Gasteiger partial charge on any atom is 0.453 e. The van der Waals surface area contributed by atoms with Crippen molar-refractivity contribution in [2.24, 2.45) is 0 Å². The van der Waals surface area contributed by atoms with Crippen molar-refractivity contribution in [1.29, 1.82) is 0 Å². The highest BCUT2D eigenvalue weighted by Gasteiger charge is 2.56. The standard InChI is InChI=1S/C20H27F5N2O4S/c1-18(2,3)31-17(28)13-32(29,30)27-10-7-15(8-11-27)16-5-4-14(12-26-16)6-9-19(21,22)20(23,24)25/h4-5,12,15H,6-11,13H2,1-3H3. The maximum atomic E-state index is 13.1. The van der Waals surface area contributed by atoms with Crippen LogP contribution in [-0.2, 0) is 26.0 Å². The maximum absolute atomic E-state index is 13.1. The number of pyridine rings is 1. The van der Waals surface area contributed by atoms with E-state index in [0.29, 0.717) is 18.5 Å². The van der Waals surface area contributed by atoms with Crippen molar-refractivity contribution < 1.29 is 39.9 Å². The van der Waals surface area contributed by atoms with Crippen LogP contribution in [0.4, 0.5) is 22.0 Å². The topological polar surface area (TPSA) is 76.6 Å². The molecular formula is C20H27F5N2O4S. The second kappa shape index (κ2) is 9.58. The molecule has 1 fully saturated rings. The van der Waals surface area contributed by atoms with Gasteiger partial charge in [-0.3, -0.25) is 9.78 Å². The van der Waals surface area contributed by atoms with Gasteiger partial charge in [-0.05, 0) is 51.7 Å². The van der Waals surface area contributed by atoms with Gasteiger partial charge in [-0.25, -0.2) is 12.7 Å². The number of aryl methyl sites for hydroxylation is 1. The minimum atomic E-state index is -5.59. The number of piperidine rings is 1. The second-order valence-corrected chi connectivity index (χ2v) is 10.8. The first-order chi connectivity index (χ1) is 14.5. The summed E-state index contributed by atoms with van der Waals surface area (Å²) in [7, 11) is -3.83. The van der Waals surface area contributed by atoms with Gasteiger partial charge in [0.05, 0.1) is 0 Å². The van der Waals surface area contributed by atoms with E-state index in [0.717, 1.165) is 0 Å². The van der Waals surface area contributed by atoms with E-state index in [9.17, 15) is 35.2 Å². The van der Waals surface area contributed by atoms with Crippen molar-refractivity contribution in [2.45, 2.75) is 70.1 Å². The molecule has 6 nitrogen and oxygen atoms in total. The van der Waals surface area contributed by atoms with Crippen LogP contribution in [0.25, 0.3) is 0 Å². The van der Waals surface area contributed by atoms with Crippen molar-refractivity contribution in [3.05, 3.63) is 29.6 Å². The highest BCUT2D eigenvalue weighted by atomic mass is 32.2. The zero-order valence-corrected chi connectivity index (χ0v) is 18.9. The summed E-state index contributed by atoms with van der Waals surface area (Å²) in [4.78, 5) is 16.0. The van der Waals surface area contributed by atoms with E-state index in [-0.39, 0.29) is 24.6 Å². The van der Waals surface area contributed by atoms with Gasteiger partial charge in [0.15, 0.2) is 5.75 Å². The minimum absolute atomic E-state index is 0.0892. The monoisotopic (exact) mass is 486 g/mol. The lowest BCUT2D eigenvalue weighted by Crippen LogP contribution is -2.42. The van der Waals surface area contributed by atoms with Gasteiger partial charge in [0, 0.05) is 37.3 Å². The molecule has 182 valence electrons. The van der Waals surface area contributed by atoms with Crippen molar-refractivity contribution in [3.8, 4) is 0 Å². The Labute approximate surface area is 184 Å².